The molecule has 0 aromatic rings. The monoisotopic (exact) mass is 239 g/mol. The summed E-state index contributed by atoms with van der Waals surface area (Å²) in [7, 11) is 0. The van der Waals surface area contributed by atoms with Crippen molar-refractivity contribution < 1.29 is 19.1 Å². The van der Waals surface area contributed by atoms with E-state index >= 15 is 0 Å². The third kappa shape index (κ3) is 5.31. The van der Waals surface area contributed by atoms with Gasteiger partial charge in [-0.3, -0.25) is 9.59 Å². The number of allylic oxidation sites excluding steroid dienone is 3. The lowest BCUT2D eigenvalue weighted by atomic mass is 10.3. The van der Waals surface area contributed by atoms with Gasteiger partial charge in [-0.05, 0) is 19.1 Å². The van der Waals surface area contributed by atoms with Gasteiger partial charge in [-0.2, -0.15) is 0 Å². The predicted octanol–water partition coefficient (Wildman–Crippen LogP) is 0.868. The fourth-order valence-corrected chi connectivity index (χ4v) is 1.40. The molecule has 0 saturated carbocycles. The Bertz CT molecular complexity index is 340. The Labute approximate surface area is 101 Å². The fraction of sp³-hybridized carbons (Fsp3) is 0.500. The SMILES string of the molecule is CC(=O)/C=C/C=C(\OC(C)=O)N1CCOCC1. The van der Waals surface area contributed by atoms with Crippen LogP contribution in [0.1, 0.15) is 13.8 Å². The van der Waals surface area contributed by atoms with Gasteiger partial charge in [-0.15, -0.1) is 0 Å². The van der Waals surface area contributed by atoms with Crippen molar-refractivity contribution in [1.82, 2.24) is 4.90 Å². The fourth-order valence-electron chi connectivity index (χ4n) is 1.40. The van der Waals surface area contributed by atoms with E-state index in [-0.39, 0.29) is 11.8 Å². The van der Waals surface area contributed by atoms with Crippen LogP contribution in [0.4, 0.5) is 0 Å². The van der Waals surface area contributed by atoms with Crippen molar-refractivity contribution in [3.63, 3.8) is 0 Å². The van der Waals surface area contributed by atoms with E-state index in [1.807, 2.05) is 4.90 Å². The number of ketones is 1. The van der Waals surface area contributed by atoms with Gasteiger partial charge in [0.25, 0.3) is 0 Å². The molecule has 1 heterocycles. The Morgan fingerprint density at radius 2 is 1.88 bits per heavy atom. The number of nitrogens with zero attached hydrogens (tertiary/aromatic N) is 1. The van der Waals surface area contributed by atoms with Gasteiger partial charge in [-0.1, -0.05) is 6.08 Å². The van der Waals surface area contributed by atoms with Crippen LogP contribution in [0.2, 0.25) is 0 Å². The minimum atomic E-state index is -0.376. The second kappa shape index (κ2) is 6.85. The first kappa shape index (κ1) is 13.4. The van der Waals surface area contributed by atoms with Crippen molar-refractivity contribution in [2.45, 2.75) is 13.8 Å². The zero-order valence-electron chi connectivity index (χ0n) is 10.1. The highest BCUT2D eigenvalue weighted by molar-refractivity contribution is 5.87. The van der Waals surface area contributed by atoms with Crippen LogP contribution in [-0.2, 0) is 19.1 Å². The summed E-state index contributed by atoms with van der Waals surface area (Å²) in [5, 5.41) is 0. The molecule has 0 bridgehead atoms. The van der Waals surface area contributed by atoms with Gasteiger partial charge < -0.3 is 14.4 Å². The van der Waals surface area contributed by atoms with Crippen LogP contribution < -0.4 is 0 Å². The Hall–Kier alpha value is -1.62. The molecule has 1 saturated heterocycles. The average molecular weight is 239 g/mol. The number of carbonyl (C=O) groups excluding carboxylic acids is 2. The minimum absolute atomic E-state index is 0.0506. The second-order valence-corrected chi connectivity index (χ2v) is 3.67. The van der Waals surface area contributed by atoms with Crippen molar-refractivity contribution in [2.75, 3.05) is 26.3 Å². The molecule has 17 heavy (non-hydrogen) atoms. The lowest BCUT2D eigenvalue weighted by molar-refractivity contribution is -0.140. The zero-order chi connectivity index (χ0) is 12.7. The van der Waals surface area contributed by atoms with Gasteiger partial charge in [0, 0.05) is 20.0 Å². The summed E-state index contributed by atoms with van der Waals surface area (Å²) < 4.78 is 10.3. The number of rotatable bonds is 4. The van der Waals surface area contributed by atoms with Crippen LogP contribution in [0.25, 0.3) is 0 Å². The summed E-state index contributed by atoms with van der Waals surface area (Å²) in [6.45, 7) is 5.37. The third-order valence-corrected chi connectivity index (χ3v) is 2.14. The van der Waals surface area contributed by atoms with Gasteiger partial charge in [0.1, 0.15) is 0 Å². The third-order valence-electron chi connectivity index (χ3n) is 2.14. The van der Waals surface area contributed by atoms with Gasteiger partial charge in [0.05, 0.1) is 13.2 Å². The molecule has 0 radical (unpaired) electrons. The van der Waals surface area contributed by atoms with E-state index in [4.69, 9.17) is 9.47 Å². The van der Waals surface area contributed by atoms with Crippen molar-refractivity contribution in [3.8, 4) is 0 Å². The smallest absolute Gasteiger partial charge is 0.309 e. The lowest BCUT2D eigenvalue weighted by Gasteiger charge is -2.29. The molecule has 0 spiro atoms. The Morgan fingerprint density at radius 3 is 2.41 bits per heavy atom. The summed E-state index contributed by atoms with van der Waals surface area (Å²) in [4.78, 5) is 23.7. The van der Waals surface area contributed by atoms with E-state index in [1.165, 1.54) is 19.9 Å². The molecule has 5 heteroatoms. The van der Waals surface area contributed by atoms with E-state index in [9.17, 15) is 9.59 Å². The largest absolute Gasteiger partial charge is 0.410 e. The lowest BCUT2D eigenvalue weighted by Crippen LogP contribution is -2.36. The van der Waals surface area contributed by atoms with E-state index in [0.29, 0.717) is 32.2 Å². The summed E-state index contributed by atoms with van der Waals surface area (Å²) in [5.74, 6) is 0.0302. The van der Waals surface area contributed by atoms with E-state index in [1.54, 1.807) is 12.2 Å². The van der Waals surface area contributed by atoms with E-state index < -0.39 is 0 Å². The summed E-state index contributed by atoms with van der Waals surface area (Å²) >= 11 is 0. The number of hydrogen-bond donors (Lipinski definition) is 0. The van der Waals surface area contributed by atoms with Crippen LogP contribution in [0, 0.1) is 0 Å². The molecular formula is C12H17NO4. The first-order valence-corrected chi connectivity index (χ1v) is 5.49. The Morgan fingerprint density at radius 1 is 1.24 bits per heavy atom. The maximum Gasteiger partial charge on any atom is 0.309 e. The molecule has 1 fully saturated rings. The molecule has 0 aromatic heterocycles. The normalized spacial score (nSPS) is 17.3. The van der Waals surface area contributed by atoms with Crippen LogP contribution in [0.5, 0.6) is 0 Å². The highest BCUT2D eigenvalue weighted by Gasteiger charge is 2.15. The van der Waals surface area contributed by atoms with Crippen LogP contribution in [0.3, 0.4) is 0 Å². The second-order valence-electron chi connectivity index (χ2n) is 3.67. The maximum absolute atomic E-state index is 11.0. The number of ether oxygens (including phenoxy) is 2. The Kier molecular flexibility index (Phi) is 5.42. The first-order chi connectivity index (χ1) is 8.09. The molecule has 1 aliphatic heterocycles. The van der Waals surface area contributed by atoms with E-state index in [2.05, 4.69) is 0 Å². The molecule has 5 nitrogen and oxygen atoms in total. The first-order valence-electron chi connectivity index (χ1n) is 5.49. The molecule has 0 N–H and O–H groups in total. The van der Waals surface area contributed by atoms with Gasteiger partial charge in [0.15, 0.2) is 11.7 Å². The summed E-state index contributed by atoms with van der Waals surface area (Å²) in [5.41, 5.74) is 0. The molecule has 0 unspecified atom stereocenters. The van der Waals surface area contributed by atoms with Crippen molar-refractivity contribution >= 4 is 11.8 Å². The van der Waals surface area contributed by atoms with Crippen LogP contribution in [-0.4, -0.2) is 43.0 Å². The van der Waals surface area contributed by atoms with Gasteiger partial charge in [0.2, 0.25) is 0 Å². The number of hydrogen-bond acceptors (Lipinski definition) is 5. The molecule has 0 atom stereocenters. The zero-order valence-corrected chi connectivity index (χ0v) is 10.1. The predicted molar refractivity (Wildman–Crippen MR) is 62.1 cm³/mol. The number of esters is 1. The Balaban J connectivity index is 2.70. The molecule has 1 rings (SSSR count). The standard InChI is InChI=1S/C12H17NO4/c1-10(14)4-3-5-12(17-11(2)15)13-6-8-16-9-7-13/h3-5H,6-9H2,1-2H3/b4-3+,12-5-. The topological polar surface area (TPSA) is 55.8 Å². The summed E-state index contributed by atoms with van der Waals surface area (Å²) in [6, 6.07) is 0. The molecule has 0 aliphatic carbocycles. The van der Waals surface area contributed by atoms with E-state index in [0.717, 1.165) is 0 Å². The minimum Gasteiger partial charge on any atom is -0.410 e. The van der Waals surface area contributed by atoms with Crippen LogP contribution >= 0.6 is 0 Å². The molecule has 1 aliphatic rings. The highest BCUT2D eigenvalue weighted by atomic mass is 16.6. The van der Waals surface area contributed by atoms with Crippen molar-refractivity contribution in [2.24, 2.45) is 0 Å². The van der Waals surface area contributed by atoms with Gasteiger partial charge >= 0.3 is 5.97 Å². The average Bonchev–Trinajstić information content (AvgIpc) is 2.28. The molecule has 0 aromatic carbocycles. The van der Waals surface area contributed by atoms with Crippen molar-refractivity contribution in [1.29, 1.82) is 0 Å². The number of morpholine rings is 1. The van der Waals surface area contributed by atoms with Crippen LogP contribution in [0.15, 0.2) is 24.1 Å². The molecular weight excluding hydrogens is 222 g/mol. The quantitative estimate of drug-likeness (QED) is 0.315. The van der Waals surface area contributed by atoms with Crippen molar-refractivity contribution in [3.05, 3.63) is 24.1 Å². The molecule has 0 amide bonds. The molecule has 94 valence electrons. The van der Waals surface area contributed by atoms with Gasteiger partial charge in [-0.25, -0.2) is 0 Å². The maximum atomic E-state index is 11.0. The highest BCUT2D eigenvalue weighted by Crippen LogP contribution is 2.10. The summed E-state index contributed by atoms with van der Waals surface area (Å²) in [6.07, 6.45) is 4.62. The number of carbonyl (C=O) groups is 2.